The zero-order chi connectivity index (χ0) is 14.5. The van der Waals surface area contributed by atoms with Crippen molar-refractivity contribution in [3.05, 3.63) is 53.1 Å². The van der Waals surface area contributed by atoms with Crippen molar-refractivity contribution in [1.29, 1.82) is 0 Å². The molecule has 0 spiro atoms. The van der Waals surface area contributed by atoms with Crippen molar-refractivity contribution in [2.24, 2.45) is 0 Å². The highest BCUT2D eigenvalue weighted by atomic mass is 35.5. The average molecular weight is 291 g/mol. The van der Waals surface area contributed by atoms with Gasteiger partial charge in [-0.2, -0.15) is 0 Å². The third kappa shape index (κ3) is 3.90. The van der Waals surface area contributed by atoms with Crippen molar-refractivity contribution in [2.75, 3.05) is 17.7 Å². The second kappa shape index (κ2) is 6.30. The first-order valence-electron chi connectivity index (χ1n) is 6.09. The number of hydrogen-bond donors (Lipinski definition) is 2. The minimum Gasteiger partial charge on any atom is -0.484 e. The summed E-state index contributed by atoms with van der Waals surface area (Å²) in [5.41, 5.74) is 7.84. The summed E-state index contributed by atoms with van der Waals surface area (Å²) in [7, 11) is 0. The smallest absolute Gasteiger partial charge is 0.262 e. The van der Waals surface area contributed by atoms with Crippen LogP contribution in [0.4, 0.5) is 11.4 Å². The lowest BCUT2D eigenvalue weighted by Crippen LogP contribution is -2.20. The van der Waals surface area contributed by atoms with Gasteiger partial charge in [0.15, 0.2) is 6.61 Å². The number of carbonyl (C=O) groups is 1. The summed E-state index contributed by atoms with van der Waals surface area (Å²) >= 11 is 5.86. The van der Waals surface area contributed by atoms with E-state index in [-0.39, 0.29) is 12.5 Å². The molecule has 20 heavy (non-hydrogen) atoms. The Morgan fingerprint density at radius 1 is 1.25 bits per heavy atom. The lowest BCUT2D eigenvalue weighted by molar-refractivity contribution is -0.118. The third-order valence-corrected chi connectivity index (χ3v) is 2.95. The number of amides is 1. The number of rotatable bonds is 4. The highest BCUT2D eigenvalue weighted by Gasteiger charge is 2.06. The highest BCUT2D eigenvalue weighted by molar-refractivity contribution is 6.30. The predicted molar refractivity (Wildman–Crippen MR) is 81.2 cm³/mol. The van der Waals surface area contributed by atoms with E-state index in [1.807, 2.05) is 6.92 Å². The van der Waals surface area contributed by atoms with Gasteiger partial charge >= 0.3 is 0 Å². The Morgan fingerprint density at radius 2 is 1.95 bits per heavy atom. The van der Waals surface area contributed by atoms with Gasteiger partial charge < -0.3 is 15.8 Å². The van der Waals surface area contributed by atoms with Crippen LogP contribution in [0.2, 0.25) is 5.02 Å². The number of halogens is 1. The van der Waals surface area contributed by atoms with Crippen molar-refractivity contribution in [3.8, 4) is 5.75 Å². The van der Waals surface area contributed by atoms with Gasteiger partial charge in [-0.1, -0.05) is 11.6 Å². The molecule has 0 aliphatic carbocycles. The van der Waals surface area contributed by atoms with Gasteiger partial charge in [0.2, 0.25) is 0 Å². The fourth-order valence-electron chi connectivity index (χ4n) is 1.67. The molecular formula is C15H15ClN2O2. The van der Waals surface area contributed by atoms with E-state index in [4.69, 9.17) is 22.1 Å². The zero-order valence-corrected chi connectivity index (χ0v) is 11.8. The summed E-state index contributed by atoms with van der Waals surface area (Å²) in [6, 6.07) is 12.2. The van der Waals surface area contributed by atoms with Crippen molar-refractivity contribution in [3.63, 3.8) is 0 Å². The monoisotopic (exact) mass is 290 g/mol. The molecule has 104 valence electrons. The zero-order valence-electron chi connectivity index (χ0n) is 11.0. The maximum Gasteiger partial charge on any atom is 0.262 e. The predicted octanol–water partition coefficient (Wildman–Crippen LogP) is 3.25. The summed E-state index contributed by atoms with van der Waals surface area (Å²) in [4.78, 5) is 11.8. The van der Waals surface area contributed by atoms with Crippen LogP contribution in [0.25, 0.3) is 0 Å². The molecule has 0 radical (unpaired) electrons. The summed E-state index contributed by atoms with van der Waals surface area (Å²) in [6.45, 7) is 1.81. The normalized spacial score (nSPS) is 10.1. The second-order valence-corrected chi connectivity index (χ2v) is 4.80. The van der Waals surface area contributed by atoms with E-state index in [0.717, 1.165) is 11.3 Å². The number of ether oxygens (including phenoxy) is 1. The Morgan fingerprint density at radius 3 is 2.60 bits per heavy atom. The molecule has 0 aliphatic rings. The number of nitrogens with one attached hydrogen (secondary N) is 1. The van der Waals surface area contributed by atoms with Crippen LogP contribution in [0.15, 0.2) is 42.5 Å². The van der Waals surface area contributed by atoms with Gasteiger partial charge in [0.25, 0.3) is 5.91 Å². The SMILES string of the molecule is Cc1cc(Cl)ccc1NC(=O)COc1ccc(N)cc1. The molecule has 0 bridgehead atoms. The van der Waals surface area contributed by atoms with E-state index in [1.54, 1.807) is 42.5 Å². The van der Waals surface area contributed by atoms with Crippen LogP contribution in [-0.4, -0.2) is 12.5 Å². The van der Waals surface area contributed by atoms with E-state index in [0.29, 0.717) is 16.5 Å². The maximum atomic E-state index is 11.8. The van der Waals surface area contributed by atoms with Crippen molar-refractivity contribution in [1.82, 2.24) is 0 Å². The van der Waals surface area contributed by atoms with E-state index in [9.17, 15) is 4.79 Å². The molecule has 1 amide bonds. The topological polar surface area (TPSA) is 64.3 Å². The van der Waals surface area contributed by atoms with Gasteiger partial charge in [0, 0.05) is 16.4 Å². The van der Waals surface area contributed by atoms with Gasteiger partial charge in [-0.3, -0.25) is 4.79 Å². The van der Waals surface area contributed by atoms with Gasteiger partial charge in [0.05, 0.1) is 0 Å². The largest absolute Gasteiger partial charge is 0.484 e. The van der Waals surface area contributed by atoms with E-state index >= 15 is 0 Å². The molecule has 4 nitrogen and oxygen atoms in total. The molecule has 3 N–H and O–H groups in total. The first-order chi connectivity index (χ1) is 9.54. The molecular weight excluding hydrogens is 276 g/mol. The molecule has 0 aromatic heterocycles. The van der Waals surface area contributed by atoms with Crippen LogP contribution in [0.5, 0.6) is 5.75 Å². The number of benzene rings is 2. The minimum absolute atomic E-state index is 0.0635. The molecule has 0 fully saturated rings. The number of hydrogen-bond acceptors (Lipinski definition) is 3. The van der Waals surface area contributed by atoms with Gasteiger partial charge in [-0.15, -0.1) is 0 Å². The fourth-order valence-corrected chi connectivity index (χ4v) is 1.89. The highest BCUT2D eigenvalue weighted by Crippen LogP contribution is 2.19. The first kappa shape index (κ1) is 14.2. The standard InChI is InChI=1S/C15H15ClN2O2/c1-10-8-11(16)2-7-14(10)18-15(19)9-20-13-5-3-12(17)4-6-13/h2-8H,9,17H2,1H3,(H,18,19). The molecule has 0 saturated heterocycles. The quantitative estimate of drug-likeness (QED) is 0.850. The Hall–Kier alpha value is -2.20. The lowest BCUT2D eigenvalue weighted by atomic mass is 10.2. The summed E-state index contributed by atoms with van der Waals surface area (Å²) in [6.07, 6.45) is 0. The number of nitrogens with two attached hydrogens (primary N) is 1. The van der Waals surface area contributed by atoms with Gasteiger partial charge in [-0.25, -0.2) is 0 Å². The van der Waals surface area contributed by atoms with E-state index in [2.05, 4.69) is 5.32 Å². The molecule has 2 aromatic carbocycles. The first-order valence-corrected chi connectivity index (χ1v) is 6.47. The van der Waals surface area contributed by atoms with Crippen LogP contribution in [0, 0.1) is 6.92 Å². The summed E-state index contributed by atoms with van der Waals surface area (Å²) < 4.78 is 5.36. The van der Waals surface area contributed by atoms with E-state index < -0.39 is 0 Å². The molecule has 0 unspecified atom stereocenters. The molecule has 2 aromatic rings. The van der Waals surface area contributed by atoms with Crippen LogP contribution in [0.3, 0.4) is 0 Å². The third-order valence-electron chi connectivity index (χ3n) is 2.71. The Kier molecular flexibility index (Phi) is 4.48. The van der Waals surface area contributed by atoms with Crippen molar-refractivity contribution >= 4 is 28.9 Å². The number of carbonyl (C=O) groups excluding carboxylic acids is 1. The van der Waals surface area contributed by atoms with Crippen LogP contribution in [0.1, 0.15) is 5.56 Å². The molecule has 2 rings (SSSR count). The van der Waals surface area contributed by atoms with Gasteiger partial charge in [0.1, 0.15) is 5.75 Å². The Balaban J connectivity index is 1.90. The Bertz CT molecular complexity index is 612. The second-order valence-electron chi connectivity index (χ2n) is 4.37. The molecule has 5 heteroatoms. The lowest BCUT2D eigenvalue weighted by Gasteiger charge is -2.10. The average Bonchev–Trinajstić information content (AvgIpc) is 2.41. The molecule has 0 aliphatic heterocycles. The van der Waals surface area contributed by atoms with Gasteiger partial charge in [-0.05, 0) is 55.0 Å². The Labute approximate surface area is 122 Å². The number of nitrogen functional groups attached to an aromatic ring is 1. The number of aryl methyl sites for hydroxylation is 1. The van der Waals surface area contributed by atoms with Crippen LogP contribution >= 0.6 is 11.6 Å². The maximum absolute atomic E-state index is 11.8. The van der Waals surface area contributed by atoms with Crippen molar-refractivity contribution in [2.45, 2.75) is 6.92 Å². The van der Waals surface area contributed by atoms with Crippen LogP contribution in [-0.2, 0) is 4.79 Å². The fraction of sp³-hybridized carbons (Fsp3) is 0.133. The van der Waals surface area contributed by atoms with Crippen LogP contribution < -0.4 is 15.8 Å². The summed E-state index contributed by atoms with van der Waals surface area (Å²) in [5.74, 6) is 0.370. The molecule has 0 atom stereocenters. The van der Waals surface area contributed by atoms with E-state index in [1.165, 1.54) is 0 Å². The molecule has 0 heterocycles. The van der Waals surface area contributed by atoms with Crippen molar-refractivity contribution < 1.29 is 9.53 Å². The minimum atomic E-state index is -0.229. The summed E-state index contributed by atoms with van der Waals surface area (Å²) in [5, 5.41) is 3.41. The molecule has 0 saturated carbocycles. The number of anilines is 2.